The molecule has 1 aromatic rings. The number of hydrogen-bond donors (Lipinski definition) is 1. The van der Waals surface area contributed by atoms with Crippen molar-refractivity contribution in [2.75, 3.05) is 33.9 Å². The van der Waals surface area contributed by atoms with Crippen LogP contribution in [0.2, 0.25) is 0 Å². The molecule has 29 heavy (non-hydrogen) atoms. The maximum absolute atomic E-state index is 13.0. The van der Waals surface area contributed by atoms with Crippen molar-refractivity contribution in [3.05, 3.63) is 23.3 Å². The fourth-order valence-electron chi connectivity index (χ4n) is 5.20. The molecule has 1 aromatic carbocycles. The fraction of sp³-hybridized carbons (Fsp3) is 0.682. The van der Waals surface area contributed by atoms with Crippen molar-refractivity contribution >= 4 is 18.3 Å². The fourth-order valence-corrected chi connectivity index (χ4v) is 5.20. The van der Waals surface area contributed by atoms with Gasteiger partial charge in [0.1, 0.15) is 0 Å². The number of methoxy groups -OCH3 is 2. The zero-order valence-electron chi connectivity index (χ0n) is 17.4. The Morgan fingerprint density at radius 2 is 1.86 bits per heavy atom. The Balaban J connectivity index is 0.00000240. The Labute approximate surface area is 179 Å². The third-order valence-corrected chi connectivity index (χ3v) is 6.80. The number of fused-ring (bicyclic) bond motifs is 2. The van der Waals surface area contributed by atoms with Gasteiger partial charge in [0.25, 0.3) is 0 Å². The third-order valence-electron chi connectivity index (χ3n) is 6.80. The highest BCUT2D eigenvalue weighted by molar-refractivity contribution is 5.85. The third kappa shape index (κ3) is 4.21. The normalized spacial score (nSPS) is 25.7. The summed E-state index contributed by atoms with van der Waals surface area (Å²) in [6, 6.07) is 4.33. The number of amides is 1. The standard InChI is InChI=1S/C22H32N2O4.ClH/c1-26-19-13-15-6-11-28-22(18(15)14-20(19)27-2)7-9-24(10-8-22)21(25)16-4-3-5-17(23)12-16;/h13-14,16-17H,3-12,23H2,1-2H3;1H/t16-,17+;/m1./s1. The van der Waals surface area contributed by atoms with Gasteiger partial charge in [0.2, 0.25) is 5.91 Å². The zero-order valence-corrected chi connectivity index (χ0v) is 18.3. The molecule has 6 nitrogen and oxygen atoms in total. The molecule has 4 rings (SSSR count). The molecule has 0 aromatic heterocycles. The van der Waals surface area contributed by atoms with E-state index in [0.29, 0.717) is 6.61 Å². The smallest absolute Gasteiger partial charge is 0.225 e. The summed E-state index contributed by atoms with van der Waals surface area (Å²) in [6.45, 7) is 2.17. The van der Waals surface area contributed by atoms with Crippen LogP contribution in [0, 0.1) is 5.92 Å². The van der Waals surface area contributed by atoms with Gasteiger partial charge in [-0.05, 0) is 61.8 Å². The second kappa shape index (κ2) is 9.11. The molecule has 2 heterocycles. The van der Waals surface area contributed by atoms with Crippen LogP contribution < -0.4 is 15.2 Å². The van der Waals surface area contributed by atoms with E-state index in [4.69, 9.17) is 19.9 Å². The number of ether oxygens (including phenoxy) is 3. The molecule has 3 aliphatic rings. The van der Waals surface area contributed by atoms with Crippen molar-refractivity contribution in [1.29, 1.82) is 0 Å². The van der Waals surface area contributed by atoms with Crippen LogP contribution in [0.4, 0.5) is 0 Å². The van der Waals surface area contributed by atoms with Gasteiger partial charge in [-0.2, -0.15) is 0 Å². The first-order valence-corrected chi connectivity index (χ1v) is 10.5. The topological polar surface area (TPSA) is 74.0 Å². The Morgan fingerprint density at radius 1 is 1.17 bits per heavy atom. The minimum atomic E-state index is -0.327. The van der Waals surface area contributed by atoms with Crippen molar-refractivity contribution in [2.45, 2.75) is 56.6 Å². The Hall–Kier alpha value is -1.50. The number of carbonyl (C=O) groups excluding carboxylic acids is 1. The van der Waals surface area contributed by atoms with Gasteiger partial charge < -0.3 is 24.8 Å². The molecule has 0 bridgehead atoms. The first-order chi connectivity index (χ1) is 13.6. The summed E-state index contributed by atoms with van der Waals surface area (Å²) in [5.74, 6) is 1.88. The van der Waals surface area contributed by atoms with Crippen LogP contribution in [0.5, 0.6) is 11.5 Å². The van der Waals surface area contributed by atoms with E-state index in [2.05, 4.69) is 12.1 Å². The maximum atomic E-state index is 13.0. The Morgan fingerprint density at radius 3 is 2.52 bits per heavy atom. The molecule has 2 atom stereocenters. The minimum Gasteiger partial charge on any atom is -0.493 e. The predicted octanol–water partition coefficient (Wildman–Crippen LogP) is 3.03. The zero-order chi connectivity index (χ0) is 19.7. The van der Waals surface area contributed by atoms with Gasteiger partial charge in [-0.25, -0.2) is 0 Å². The van der Waals surface area contributed by atoms with E-state index in [1.807, 2.05) is 4.90 Å². The number of halogens is 1. The molecule has 7 heteroatoms. The second-order valence-electron chi connectivity index (χ2n) is 8.41. The van der Waals surface area contributed by atoms with Crippen LogP contribution in [0.15, 0.2) is 12.1 Å². The second-order valence-corrected chi connectivity index (χ2v) is 8.41. The molecule has 1 aliphatic carbocycles. The first-order valence-electron chi connectivity index (χ1n) is 10.5. The molecule has 2 N–H and O–H groups in total. The molecule has 1 spiro atoms. The SMILES string of the molecule is COc1cc2c(cc1OC)C1(CCN(C(=O)[C@@H]3CCC[C@H](N)C3)CC1)OCC2.Cl. The highest BCUT2D eigenvalue weighted by Gasteiger charge is 2.43. The molecule has 1 saturated heterocycles. The van der Waals surface area contributed by atoms with Crippen LogP contribution in [0.3, 0.4) is 0 Å². The van der Waals surface area contributed by atoms with Gasteiger partial charge in [0.05, 0.1) is 26.4 Å². The number of piperidine rings is 1. The molecule has 0 unspecified atom stereocenters. The van der Waals surface area contributed by atoms with E-state index in [1.54, 1.807) is 14.2 Å². The summed E-state index contributed by atoms with van der Waals surface area (Å²) < 4.78 is 17.3. The van der Waals surface area contributed by atoms with E-state index in [1.165, 1.54) is 11.1 Å². The average molecular weight is 425 g/mol. The average Bonchev–Trinajstić information content (AvgIpc) is 2.73. The number of nitrogens with zero attached hydrogens (tertiary/aromatic N) is 1. The predicted molar refractivity (Wildman–Crippen MR) is 114 cm³/mol. The van der Waals surface area contributed by atoms with Crippen molar-refractivity contribution in [3.8, 4) is 11.5 Å². The summed E-state index contributed by atoms with van der Waals surface area (Å²) in [7, 11) is 3.33. The lowest BCUT2D eigenvalue weighted by molar-refractivity contribution is -0.145. The van der Waals surface area contributed by atoms with Crippen LogP contribution in [0.1, 0.15) is 49.7 Å². The van der Waals surface area contributed by atoms with Gasteiger partial charge in [-0.1, -0.05) is 6.42 Å². The van der Waals surface area contributed by atoms with Gasteiger partial charge in [-0.15, -0.1) is 12.4 Å². The molecule has 2 aliphatic heterocycles. The number of benzene rings is 1. The van der Waals surface area contributed by atoms with Crippen molar-refractivity contribution in [1.82, 2.24) is 4.90 Å². The molecule has 1 saturated carbocycles. The van der Waals surface area contributed by atoms with Crippen LogP contribution in [-0.4, -0.2) is 50.8 Å². The van der Waals surface area contributed by atoms with Crippen molar-refractivity contribution in [3.63, 3.8) is 0 Å². The van der Waals surface area contributed by atoms with Crippen LogP contribution >= 0.6 is 12.4 Å². The quantitative estimate of drug-likeness (QED) is 0.807. The van der Waals surface area contributed by atoms with Crippen molar-refractivity contribution < 1.29 is 19.0 Å². The monoisotopic (exact) mass is 424 g/mol. The van der Waals surface area contributed by atoms with Crippen LogP contribution in [-0.2, 0) is 21.6 Å². The number of nitrogens with two attached hydrogens (primary N) is 1. The number of hydrogen-bond acceptors (Lipinski definition) is 5. The number of likely N-dealkylation sites (tertiary alicyclic amines) is 1. The van der Waals surface area contributed by atoms with E-state index < -0.39 is 0 Å². The van der Waals surface area contributed by atoms with E-state index in [-0.39, 0.29) is 35.9 Å². The first kappa shape index (κ1) is 22.2. The van der Waals surface area contributed by atoms with Gasteiger partial charge in [0.15, 0.2) is 11.5 Å². The number of carbonyl (C=O) groups is 1. The molecule has 0 radical (unpaired) electrons. The summed E-state index contributed by atoms with van der Waals surface area (Å²) in [5, 5.41) is 0. The maximum Gasteiger partial charge on any atom is 0.225 e. The molecule has 162 valence electrons. The lowest BCUT2D eigenvalue weighted by Crippen LogP contribution is -2.50. The van der Waals surface area contributed by atoms with E-state index in [0.717, 1.165) is 69.5 Å². The molecule has 1 amide bonds. The summed E-state index contributed by atoms with van der Waals surface area (Å²) in [5.41, 5.74) is 8.23. The summed E-state index contributed by atoms with van der Waals surface area (Å²) >= 11 is 0. The molecular weight excluding hydrogens is 392 g/mol. The van der Waals surface area contributed by atoms with Gasteiger partial charge in [0, 0.05) is 25.0 Å². The Kier molecular flexibility index (Phi) is 6.97. The lowest BCUT2D eigenvalue weighted by atomic mass is 9.78. The molecule has 2 fully saturated rings. The summed E-state index contributed by atoms with van der Waals surface area (Å²) in [4.78, 5) is 15.0. The highest BCUT2D eigenvalue weighted by Crippen LogP contribution is 2.45. The molecular formula is C22H33ClN2O4. The highest BCUT2D eigenvalue weighted by atomic mass is 35.5. The lowest BCUT2D eigenvalue weighted by Gasteiger charge is -2.46. The largest absolute Gasteiger partial charge is 0.493 e. The number of rotatable bonds is 3. The minimum absolute atomic E-state index is 0. The van der Waals surface area contributed by atoms with E-state index >= 15 is 0 Å². The van der Waals surface area contributed by atoms with Gasteiger partial charge in [-0.3, -0.25) is 4.79 Å². The summed E-state index contributed by atoms with van der Waals surface area (Å²) in [6.07, 6.45) is 6.43. The Bertz CT molecular complexity index is 734. The van der Waals surface area contributed by atoms with Gasteiger partial charge >= 0.3 is 0 Å². The van der Waals surface area contributed by atoms with Crippen molar-refractivity contribution in [2.24, 2.45) is 11.7 Å². The van der Waals surface area contributed by atoms with Crippen LogP contribution in [0.25, 0.3) is 0 Å². The van der Waals surface area contributed by atoms with E-state index in [9.17, 15) is 4.79 Å².